The van der Waals surface area contributed by atoms with Crippen molar-refractivity contribution in [2.45, 2.75) is 76.1 Å². The van der Waals surface area contributed by atoms with Crippen LogP contribution in [0.3, 0.4) is 0 Å². The second-order valence-corrected chi connectivity index (χ2v) is 9.39. The van der Waals surface area contributed by atoms with Crippen LogP contribution in [-0.4, -0.2) is 59.0 Å². The van der Waals surface area contributed by atoms with E-state index >= 15 is 0 Å². The van der Waals surface area contributed by atoms with Crippen LogP contribution >= 0.6 is 0 Å². The van der Waals surface area contributed by atoms with E-state index in [0.717, 1.165) is 24.2 Å². The number of ether oxygens (including phenoxy) is 2. The lowest BCUT2D eigenvalue weighted by molar-refractivity contribution is -0.142. The lowest BCUT2D eigenvalue weighted by atomic mass is 9.72. The van der Waals surface area contributed by atoms with Crippen LogP contribution in [0, 0.1) is 5.41 Å². The van der Waals surface area contributed by atoms with Gasteiger partial charge in [0.05, 0.1) is 19.3 Å². The molecule has 1 aromatic carbocycles. The highest BCUT2D eigenvalue weighted by atomic mass is 16.5. The third-order valence-corrected chi connectivity index (χ3v) is 7.28. The third kappa shape index (κ3) is 3.73. The quantitative estimate of drug-likeness (QED) is 0.764. The van der Waals surface area contributed by atoms with Gasteiger partial charge >= 0.3 is 0 Å². The van der Waals surface area contributed by atoms with Crippen LogP contribution in [0.2, 0.25) is 0 Å². The smallest absolute Gasteiger partial charge is 0.254 e. The Bertz CT molecular complexity index is 769. The molecule has 0 spiro atoms. The number of likely N-dealkylation sites (tertiary alicyclic amines) is 1. The molecule has 3 atom stereocenters. The molecule has 0 radical (unpaired) electrons. The SMILES string of the molecule is COc1ccc(C2CN(C(=O)C3(O)CC3)CC2(C)[C@@H](C)O)cc1OC1CCCC1. The van der Waals surface area contributed by atoms with Gasteiger partial charge in [0.25, 0.3) is 5.91 Å². The highest BCUT2D eigenvalue weighted by Crippen LogP contribution is 2.49. The van der Waals surface area contributed by atoms with Crippen molar-refractivity contribution in [1.29, 1.82) is 0 Å². The van der Waals surface area contributed by atoms with Crippen molar-refractivity contribution in [1.82, 2.24) is 4.90 Å². The van der Waals surface area contributed by atoms with Crippen molar-refractivity contribution in [2.75, 3.05) is 20.2 Å². The molecule has 2 unspecified atom stereocenters. The van der Waals surface area contributed by atoms with Crippen molar-refractivity contribution < 1.29 is 24.5 Å². The Morgan fingerprint density at radius 2 is 1.93 bits per heavy atom. The molecular formula is C23H33NO5. The maximum absolute atomic E-state index is 12.8. The molecule has 1 heterocycles. The topological polar surface area (TPSA) is 79.2 Å². The number of methoxy groups -OCH3 is 1. The first-order valence-electron chi connectivity index (χ1n) is 10.8. The molecule has 3 aliphatic rings. The molecule has 3 fully saturated rings. The lowest BCUT2D eigenvalue weighted by Gasteiger charge is -2.34. The Balaban J connectivity index is 1.63. The fraction of sp³-hybridized carbons (Fsp3) is 0.696. The molecule has 1 aromatic rings. The highest BCUT2D eigenvalue weighted by molar-refractivity contribution is 5.88. The number of hydrogen-bond acceptors (Lipinski definition) is 5. The number of aliphatic hydroxyl groups excluding tert-OH is 1. The van der Waals surface area contributed by atoms with E-state index in [2.05, 4.69) is 0 Å². The summed E-state index contributed by atoms with van der Waals surface area (Å²) in [6.07, 6.45) is 5.17. The molecule has 4 rings (SSSR count). The van der Waals surface area contributed by atoms with E-state index in [1.807, 2.05) is 25.1 Å². The summed E-state index contributed by atoms with van der Waals surface area (Å²) in [6.45, 7) is 4.72. The van der Waals surface area contributed by atoms with E-state index in [0.29, 0.717) is 31.7 Å². The summed E-state index contributed by atoms with van der Waals surface area (Å²) < 4.78 is 11.8. The predicted molar refractivity (Wildman–Crippen MR) is 109 cm³/mol. The van der Waals surface area contributed by atoms with Crippen molar-refractivity contribution in [3.63, 3.8) is 0 Å². The lowest BCUT2D eigenvalue weighted by Crippen LogP contribution is -2.42. The normalized spacial score (nSPS) is 29.7. The number of rotatable bonds is 6. The fourth-order valence-corrected chi connectivity index (χ4v) is 4.89. The molecule has 1 aliphatic heterocycles. The molecular weight excluding hydrogens is 370 g/mol. The molecule has 0 aromatic heterocycles. The monoisotopic (exact) mass is 403 g/mol. The average Bonchev–Trinajstić information content (AvgIpc) is 3.09. The number of amides is 1. The van der Waals surface area contributed by atoms with Gasteiger partial charge in [-0.15, -0.1) is 0 Å². The minimum absolute atomic E-state index is 0.0503. The Hall–Kier alpha value is -1.79. The van der Waals surface area contributed by atoms with E-state index in [1.54, 1.807) is 18.9 Å². The van der Waals surface area contributed by atoms with Crippen LogP contribution in [-0.2, 0) is 4.79 Å². The highest BCUT2D eigenvalue weighted by Gasteiger charge is 2.55. The van der Waals surface area contributed by atoms with Crippen molar-refractivity contribution in [3.05, 3.63) is 23.8 Å². The number of carbonyl (C=O) groups excluding carboxylic acids is 1. The van der Waals surface area contributed by atoms with Crippen LogP contribution in [0.15, 0.2) is 18.2 Å². The number of benzene rings is 1. The van der Waals surface area contributed by atoms with E-state index in [4.69, 9.17) is 9.47 Å². The first-order valence-corrected chi connectivity index (χ1v) is 10.8. The molecule has 1 saturated heterocycles. The largest absolute Gasteiger partial charge is 0.493 e. The van der Waals surface area contributed by atoms with Gasteiger partial charge in [0, 0.05) is 24.4 Å². The summed E-state index contributed by atoms with van der Waals surface area (Å²) >= 11 is 0. The Morgan fingerprint density at radius 1 is 1.24 bits per heavy atom. The summed E-state index contributed by atoms with van der Waals surface area (Å²) in [5.74, 6) is 1.18. The van der Waals surface area contributed by atoms with Crippen LogP contribution < -0.4 is 9.47 Å². The maximum atomic E-state index is 12.8. The molecule has 29 heavy (non-hydrogen) atoms. The Morgan fingerprint density at radius 3 is 2.52 bits per heavy atom. The van der Waals surface area contributed by atoms with E-state index in [9.17, 15) is 15.0 Å². The van der Waals surface area contributed by atoms with E-state index < -0.39 is 17.1 Å². The zero-order valence-electron chi connectivity index (χ0n) is 17.7. The van der Waals surface area contributed by atoms with Gasteiger partial charge in [0.2, 0.25) is 0 Å². The van der Waals surface area contributed by atoms with Gasteiger partial charge < -0.3 is 24.6 Å². The molecule has 2 saturated carbocycles. The average molecular weight is 404 g/mol. The summed E-state index contributed by atoms with van der Waals surface area (Å²) in [7, 11) is 1.64. The van der Waals surface area contributed by atoms with Crippen molar-refractivity contribution in [3.8, 4) is 11.5 Å². The number of aliphatic hydroxyl groups is 2. The van der Waals surface area contributed by atoms with Crippen LogP contribution in [0.25, 0.3) is 0 Å². The molecule has 6 nitrogen and oxygen atoms in total. The minimum Gasteiger partial charge on any atom is -0.493 e. The minimum atomic E-state index is -1.19. The Kier molecular flexibility index (Phi) is 5.28. The summed E-state index contributed by atoms with van der Waals surface area (Å²) in [4.78, 5) is 14.5. The number of nitrogens with zero attached hydrogens (tertiary/aromatic N) is 1. The van der Waals surface area contributed by atoms with Gasteiger partial charge in [0.15, 0.2) is 11.5 Å². The number of carbonyl (C=O) groups is 1. The second-order valence-electron chi connectivity index (χ2n) is 9.39. The third-order valence-electron chi connectivity index (χ3n) is 7.28. The first-order chi connectivity index (χ1) is 13.8. The molecule has 0 bridgehead atoms. The molecule has 160 valence electrons. The van der Waals surface area contributed by atoms with Gasteiger partial charge in [-0.2, -0.15) is 0 Å². The van der Waals surface area contributed by atoms with Gasteiger partial charge in [-0.25, -0.2) is 0 Å². The van der Waals surface area contributed by atoms with Gasteiger partial charge in [0.1, 0.15) is 5.60 Å². The maximum Gasteiger partial charge on any atom is 0.254 e. The molecule has 2 N–H and O–H groups in total. The Labute approximate surface area is 172 Å². The van der Waals surface area contributed by atoms with Gasteiger partial charge in [-0.3, -0.25) is 4.79 Å². The van der Waals surface area contributed by atoms with Crippen LogP contribution in [0.1, 0.15) is 63.9 Å². The van der Waals surface area contributed by atoms with Crippen molar-refractivity contribution >= 4 is 5.91 Å². The van der Waals surface area contributed by atoms with Gasteiger partial charge in [-0.1, -0.05) is 13.0 Å². The van der Waals surface area contributed by atoms with Crippen LogP contribution in [0.4, 0.5) is 0 Å². The van der Waals surface area contributed by atoms with E-state index in [1.165, 1.54) is 12.8 Å². The first kappa shape index (κ1) is 20.5. The standard InChI is InChI=1S/C23H33NO5/c1-15(25)22(2)14-24(21(26)23(27)10-11-23)13-18(22)16-8-9-19(28-3)20(12-16)29-17-6-4-5-7-17/h8-9,12,15,17-18,25,27H,4-7,10-11,13-14H2,1-3H3/t15-,18?,22?/m1/s1. The molecule has 2 aliphatic carbocycles. The fourth-order valence-electron chi connectivity index (χ4n) is 4.89. The van der Waals surface area contributed by atoms with Gasteiger partial charge in [-0.05, 0) is 63.1 Å². The molecule has 1 amide bonds. The van der Waals surface area contributed by atoms with Crippen molar-refractivity contribution in [2.24, 2.45) is 5.41 Å². The predicted octanol–water partition coefficient (Wildman–Crippen LogP) is 2.85. The summed E-state index contributed by atoms with van der Waals surface area (Å²) in [5, 5.41) is 20.9. The summed E-state index contributed by atoms with van der Waals surface area (Å²) in [5.41, 5.74) is -0.661. The summed E-state index contributed by atoms with van der Waals surface area (Å²) in [6, 6.07) is 5.94. The van der Waals surface area contributed by atoms with Crippen LogP contribution in [0.5, 0.6) is 11.5 Å². The van der Waals surface area contributed by atoms with E-state index in [-0.39, 0.29) is 17.9 Å². The molecule has 6 heteroatoms. The zero-order valence-corrected chi connectivity index (χ0v) is 17.7. The second kappa shape index (κ2) is 7.47. The zero-order chi connectivity index (χ0) is 20.8. The number of hydrogen-bond donors (Lipinski definition) is 2.